The van der Waals surface area contributed by atoms with E-state index in [1.165, 1.54) is 12.1 Å². The highest BCUT2D eigenvalue weighted by molar-refractivity contribution is 6.32. The number of piperidine rings is 1. The van der Waals surface area contributed by atoms with Gasteiger partial charge in [0, 0.05) is 31.0 Å². The maximum absolute atomic E-state index is 12.3. The average molecular weight is 283 g/mol. The third-order valence-corrected chi connectivity index (χ3v) is 3.61. The zero-order valence-corrected chi connectivity index (χ0v) is 11.3. The maximum atomic E-state index is 12.3. The van der Waals surface area contributed by atoms with Crippen molar-refractivity contribution in [2.24, 2.45) is 11.1 Å². The van der Waals surface area contributed by atoms with Gasteiger partial charge in [-0.2, -0.15) is 0 Å². The molecule has 1 saturated heterocycles. The smallest absolute Gasteiger partial charge is 0.253 e. The van der Waals surface area contributed by atoms with Gasteiger partial charge in [-0.3, -0.25) is 4.79 Å². The molecule has 0 aromatic heterocycles. The zero-order valence-electron chi connectivity index (χ0n) is 10.5. The Morgan fingerprint density at radius 2 is 2.26 bits per heavy atom. The van der Waals surface area contributed by atoms with Crippen molar-refractivity contribution in [1.29, 1.82) is 0 Å². The third kappa shape index (κ3) is 2.81. The van der Waals surface area contributed by atoms with Gasteiger partial charge in [-0.25, -0.2) is 0 Å². The minimum Gasteiger partial charge on any atom is -0.506 e. The number of phenolic OH excluding ortho intramolecular Hbond substituents is 1. The molecule has 0 saturated carbocycles. The van der Waals surface area contributed by atoms with E-state index in [0.717, 1.165) is 0 Å². The summed E-state index contributed by atoms with van der Waals surface area (Å²) in [6.45, 7) is 2.94. The second kappa shape index (κ2) is 5.48. The Balaban J connectivity index is 2.14. The van der Waals surface area contributed by atoms with Gasteiger partial charge < -0.3 is 15.2 Å². The molecule has 1 aliphatic heterocycles. The van der Waals surface area contributed by atoms with Crippen LogP contribution in [0.3, 0.4) is 0 Å². The number of aromatic hydroxyl groups is 1. The summed E-state index contributed by atoms with van der Waals surface area (Å²) in [5, 5.41) is 21.6. The summed E-state index contributed by atoms with van der Waals surface area (Å²) in [7, 11) is 0. The van der Waals surface area contributed by atoms with E-state index in [-0.39, 0.29) is 22.6 Å². The lowest BCUT2D eigenvalue weighted by atomic mass is 9.97. The van der Waals surface area contributed by atoms with Crippen LogP contribution in [0.1, 0.15) is 23.7 Å². The van der Waals surface area contributed by atoms with E-state index in [1.54, 1.807) is 11.0 Å². The van der Waals surface area contributed by atoms with Crippen molar-refractivity contribution >= 4 is 23.2 Å². The number of likely N-dealkylation sites (tertiary alicyclic amines) is 1. The predicted octanol–water partition coefficient (Wildman–Crippen LogP) is 2.36. The molecule has 0 aliphatic carbocycles. The first-order chi connectivity index (χ1) is 9.02. The van der Waals surface area contributed by atoms with Crippen LogP contribution in [0, 0.1) is 5.92 Å². The largest absolute Gasteiger partial charge is 0.506 e. The number of halogens is 1. The number of hydrogen-bond donors (Lipinski definition) is 2. The Bertz CT molecular complexity index is 531. The quantitative estimate of drug-likeness (QED) is 0.613. The summed E-state index contributed by atoms with van der Waals surface area (Å²) in [5.74, 6) is -0.138. The number of amides is 1. The van der Waals surface area contributed by atoms with Gasteiger partial charge in [-0.1, -0.05) is 23.7 Å². The summed E-state index contributed by atoms with van der Waals surface area (Å²) in [5.41, 5.74) is 1.16. The van der Waals surface area contributed by atoms with Crippen molar-refractivity contribution in [2.75, 3.05) is 13.1 Å². The van der Waals surface area contributed by atoms with Gasteiger partial charge in [-0.05, 0) is 18.2 Å². The lowest BCUT2D eigenvalue weighted by Crippen LogP contribution is -2.43. The zero-order chi connectivity index (χ0) is 14.0. The molecular weight excluding hydrogens is 268 g/mol. The standard InChI is InChI=1S/C13H15ClN2O3/c1-8-7-16(5-4-11(8)15-19)13(18)9-2-3-12(17)10(14)6-9/h2-3,6,8,17,19H,4-5,7H2,1H3/b15-11+. The Kier molecular flexibility index (Phi) is 3.95. The fourth-order valence-electron chi connectivity index (χ4n) is 2.18. The van der Waals surface area contributed by atoms with Gasteiger partial charge in [0.05, 0.1) is 10.7 Å². The van der Waals surface area contributed by atoms with E-state index in [2.05, 4.69) is 5.16 Å². The third-order valence-electron chi connectivity index (χ3n) is 3.31. The average Bonchev–Trinajstić information content (AvgIpc) is 2.41. The van der Waals surface area contributed by atoms with Crippen LogP contribution in [0.5, 0.6) is 5.75 Å². The Morgan fingerprint density at radius 3 is 2.84 bits per heavy atom. The van der Waals surface area contributed by atoms with Crippen LogP contribution in [0.15, 0.2) is 23.4 Å². The van der Waals surface area contributed by atoms with Crippen LogP contribution in [-0.4, -0.2) is 39.9 Å². The van der Waals surface area contributed by atoms with Crippen molar-refractivity contribution in [1.82, 2.24) is 4.90 Å². The number of hydrogen-bond acceptors (Lipinski definition) is 4. The number of carbonyl (C=O) groups excluding carboxylic acids is 1. The molecule has 2 N–H and O–H groups in total. The number of benzene rings is 1. The molecule has 19 heavy (non-hydrogen) atoms. The monoisotopic (exact) mass is 282 g/mol. The highest BCUT2D eigenvalue weighted by Crippen LogP contribution is 2.25. The first-order valence-corrected chi connectivity index (χ1v) is 6.39. The normalized spacial score (nSPS) is 21.7. The van der Waals surface area contributed by atoms with Crippen LogP contribution in [-0.2, 0) is 0 Å². The fourth-order valence-corrected chi connectivity index (χ4v) is 2.36. The van der Waals surface area contributed by atoms with Crippen LogP contribution in [0.4, 0.5) is 0 Å². The number of nitrogens with zero attached hydrogens (tertiary/aromatic N) is 2. The summed E-state index contributed by atoms with van der Waals surface area (Å²) in [6.07, 6.45) is 0.565. The molecule has 0 radical (unpaired) electrons. The second-order valence-electron chi connectivity index (χ2n) is 4.66. The van der Waals surface area contributed by atoms with Crippen LogP contribution in [0.25, 0.3) is 0 Å². The lowest BCUT2D eigenvalue weighted by molar-refractivity contribution is 0.0734. The minimum absolute atomic E-state index is 0.0373. The Morgan fingerprint density at radius 1 is 1.53 bits per heavy atom. The van der Waals surface area contributed by atoms with E-state index in [0.29, 0.717) is 30.8 Å². The van der Waals surface area contributed by atoms with Gasteiger partial charge in [0.15, 0.2) is 0 Å². The first kappa shape index (κ1) is 13.7. The summed E-state index contributed by atoms with van der Waals surface area (Å²) in [4.78, 5) is 14.0. The van der Waals surface area contributed by atoms with Gasteiger partial charge in [-0.15, -0.1) is 0 Å². The molecule has 0 bridgehead atoms. The number of rotatable bonds is 1. The fraction of sp³-hybridized carbons (Fsp3) is 0.385. The number of phenols is 1. The van der Waals surface area contributed by atoms with Gasteiger partial charge in [0.2, 0.25) is 0 Å². The first-order valence-electron chi connectivity index (χ1n) is 6.01. The summed E-state index contributed by atoms with van der Waals surface area (Å²) < 4.78 is 0. The van der Waals surface area contributed by atoms with Crippen LogP contribution in [0.2, 0.25) is 5.02 Å². The molecule has 1 aromatic rings. The van der Waals surface area contributed by atoms with E-state index < -0.39 is 0 Å². The Hall–Kier alpha value is -1.75. The van der Waals surface area contributed by atoms with Crippen molar-refractivity contribution in [3.8, 4) is 5.75 Å². The molecule has 1 fully saturated rings. The van der Waals surface area contributed by atoms with Crippen molar-refractivity contribution in [2.45, 2.75) is 13.3 Å². The van der Waals surface area contributed by atoms with E-state index in [4.69, 9.17) is 16.8 Å². The SMILES string of the molecule is CC1CN(C(=O)c2ccc(O)c(Cl)c2)CC/C1=N\O. The molecule has 5 nitrogen and oxygen atoms in total. The molecule has 1 atom stereocenters. The molecule has 102 valence electrons. The van der Waals surface area contributed by atoms with E-state index >= 15 is 0 Å². The van der Waals surface area contributed by atoms with Gasteiger partial charge >= 0.3 is 0 Å². The molecule has 1 heterocycles. The molecule has 1 amide bonds. The van der Waals surface area contributed by atoms with Crippen molar-refractivity contribution in [3.05, 3.63) is 28.8 Å². The molecule has 0 spiro atoms. The van der Waals surface area contributed by atoms with Crippen LogP contribution < -0.4 is 0 Å². The molecular formula is C13H15ClN2O3. The minimum atomic E-state index is -0.134. The number of oxime groups is 1. The molecule has 1 unspecified atom stereocenters. The Labute approximate surface area is 116 Å². The highest BCUT2D eigenvalue weighted by atomic mass is 35.5. The van der Waals surface area contributed by atoms with Crippen molar-refractivity contribution in [3.63, 3.8) is 0 Å². The summed E-state index contributed by atoms with van der Waals surface area (Å²) in [6, 6.07) is 4.41. The lowest BCUT2D eigenvalue weighted by Gasteiger charge is -2.31. The highest BCUT2D eigenvalue weighted by Gasteiger charge is 2.26. The van der Waals surface area contributed by atoms with Gasteiger partial charge in [0.25, 0.3) is 5.91 Å². The van der Waals surface area contributed by atoms with Gasteiger partial charge in [0.1, 0.15) is 5.75 Å². The molecule has 6 heteroatoms. The van der Waals surface area contributed by atoms with Crippen molar-refractivity contribution < 1.29 is 15.1 Å². The van der Waals surface area contributed by atoms with Crippen LogP contribution >= 0.6 is 11.6 Å². The number of carbonyl (C=O) groups is 1. The maximum Gasteiger partial charge on any atom is 0.253 e. The predicted molar refractivity (Wildman–Crippen MR) is 72.0 cm³/mol. The molecule has 2 rings (SSSR count). The molecule has 1 aromatic carbocycles. The van der Waals surface area contributed by atoms with E-state index in [1.807, 2.05) is 6.92 Å². The van der Waals surface area contributed by atoms with E-state index in [9.17, 15) is 9.90 Å². The summed E-state index contributed by atoms with van der Waals surface area (Å²) >= 11 is 5.80. The topological polar surface area (TPSA) is 73.1 Å². The molecule has 1 aliphatic rings. The second-order valence-corrected chi connectivity index (χ2v) is 5.07.